The number of carbonyl (C=O) groups is 2. The number of hydrogen-bond donors (Lipinski definition) is 2. The Morgan fingerprint density at radius 2 is 2.06 bits per heavy atom. The number of rotatable bonds is 7. The standard InChI is InChI=1S/C13H23NO4/c1-10-5-2-3-6-11(10)18-9-12(15)14-8-4-7-13(16)17/h10-11H,2-9H2,1H3,(H,14,15)(H,16,17). The average Bonchev–Trinajstić information content (AvgIpc) is 2.33. The topological polar surface area (TPSA) is 75.6 Å². The van der Waals surface area contributed by atoms with Gasteiger partial charge in [0, 0.05) is 13.0 Å². The van der Waals surface area contributed by atoms with Gasteiger partial charge in [-0.3, -0.25) is 9.59 Å². The summed E-state index contributed by atoms with van der Waals surface area (Å²) in [6.07, 6.45) is 5.38. The molecule has 5 nitrogen and oxygen atoms in total. The minimum atomic E-state index is -0.837. The van der Waals surface area contributed by atoms with E-state index in [9.17, 15) is 9.59 Å². The van der Waals surface area contributed by atoms with Gasteiger partial charge in [-0.1, -0.05) is 19.8 Å². The fourth-order valence-electron chi connectivity index (χ4n) is 2.23. The van der Waals surface area contributed by atoms with E-state index in [1.165, 1.54) is 19.3 Å². The summed E-state index contributed by atoms with van der Waals surface area (Å²) in [5.74, 6) is -0.465. The summed E-state index contributed by atoms with van der Waals surface area (Å²) in [6.45, 7) is 2.64. The van der Waals surface area contributed by atoms with E-state index >= 15 is 0 Å². The van der Waals surface area contributed by atoms with Crippen LogP contribution in [0.15, 0.2) is 0 Å². The molecule has 0 heterocycles. The lowest BCUT2D eigenvalue weighted by molar-refractivity contribution is -0.137. The Kier molecular flexibility index (Phi) is 6.72. The zero-order chi connectivity index (χ0) is 13.4. The van der Waals surface area contributed by atoms with Crippen LogP contribution in [0.25, 0.3) is 0 Å². The van der Waals surface area contributed by atoms with Gasteiger partial charge < -0.3 is 15.2 Å². The average molecular weight is 257 g/mol. The van der Waals surface area contributed by atoms with Gasteiger partial charge in [0.1, 0.15) is 6.61 Å². The minimum absolute atomic E-state index is 0.0841. The van der Waals surface area contributed by atoms with Crippen molar-refractivity contribution < 1.29 is 19.4 Å². The van der Waals surface area contributed by atoms with Crippen molar-refractivity contribution in [3.63, 3.8) is 0 Å². The quantitative estimate of drug-likeness (QED) is 0.679. The first-order valence-electron chi connectivity index (χ1n) is 6.69. The van der Waals surface area contributed by atoms with Gasteiger partial charge in [-0.05, 0) is 25.2 Å². The van der Waals surface area contributed by atoms with Crippen LogP contribution < -0.4 is 5.32 Å². The molecule has 1 aliphatic carbocycles. The summed E-state index contributed by atoms with van der Waals surface area (Å²) in [4.78, 5) is 21.7. The first kappa shape index (κ1) is 15.0. The lowest BCUT2D eigenvalue weighted by atomic mass is 9.88. The molecule has 0 aromatic heterocycles. The molecule has 2 N–H and O–H groups in total. The molecule has 0 radical (unpaired) electrons. The van der Waals surface area contributed by atoms with Crippen molar-refractivity contribution in [3.05, 3.63) is 0 Å². The maximum atomic E-state index is 11.5. The maximum Gasteiger partial charge on any atom is 0.303 e. The molecular formula is C13H23NO4. The molecule has 0 spiro atoms. The lowest BCUT2D eigenvalue weighted by Gasteiger charge is -2.28. The number of carboxylic acids is 1. The van der Waals surface area contributed by atoms with E-state index in [0.29, 0.717) is 18.9 Å². The van der Waals surface area contributed by atoms with Gasteiger partial charge in [-0.2, -0.15) is 0 Å². The number of nitrogens with one attached hydrogen (secondary N) is 1. The van der Waals surface area contributed by atoms with Crippen LogP contribution in [-0.4, -0.2) is 36.2 Å². The molecule has 1 saturated carbocycles. The van der Waals surface area contributed by atoms with E-state index in [2.05, 4.69) is 12.2 Å². The maximum absolute atomic E-state index is 11.5. The SMILES string of the molecule is CC1CCCCC1OCC(=O)NCCCC(=O)O. The molecular weight excluding hydrogens is 234 g/mol. The Bertz CT molecular complexity index is 280. The van der Waals surface area contributed by atoms with Gasteiger partial charge in [0.15, 0.2) is 0 Å². The third-order valence-corrected chi connectivity index (χ3v) is 3.35. The minimum Gasteiger partial charge on any atom is -0.481 e. The molecule has 5 heteroatoms. The largest absolute Gasteiger partial charge is 0.481 e. The van der Waals surface area contributed by atoms with Crippen molar-refractivity contribution in [1.82, 2.24) is 5.32 Å². The van der Waals surface area contributed by atoms with E-state index in [-0.39, 0.29) is 25.0 Å². The molecule has 0 aromatic carbocycles. The molecule has 1 fully saturated rings. The number of amides is 1. The third-order valence-electron chi connectivity index (χ3n) is 3.35. The smallest absolute Gasteiger partial charge is 0.303 e. The van der Waals surface area contributed by atoms with Crippen LogP contribution in [0.4, 0.5) is 0 Å². The van der Waals surface area contributed by atoms with Crippen molar-refractivity contribution in [2.45, 2.75) is 51.6 Å². The highest BCUT2D eigenvalue weighted by Crippen LogP contribution is 2.25. The van der Waals surface area contributed by atoms with E-state index in [1.54, 1.807) is 0 Å². The molecule has 104 valence electrons. The zero-order valence-electron chi connectivity index (χ0n) is 11.0. The Morgan fingerprint density at radius 3 is 2.72 bits per heavy atom. The summed E-state index contributed by atoms with van der Waals surface area (Å²) >= 11 is 0. The van der Waals surface area contributed by atoms with Crippen LogP contribution in [0.3, 0.4) is 0 Å². The molecule has 1 rings (SSSR count). The van der Waals surface area contributed by atoms with Crippen LogP contribution in [0.5, 0.6) is 0 Å². The van der Waals surface area contributed by atoms with Crippen molar-refractivity contribution in [3.8, 4) is 0 Å². The highest BCUT2D eigenvalue weighted by molar-refractivity contribution is 5.77. The fourth-order valence-corrected chi connectivity index (χ4v) is 2.23. The molecule has 1 aliphatic rings. The summed E-state index contributed by atoms with van der Waals surface area (Å²) in [6, 6.07) is 0. The second-order valence-electron chi connectivity index (χ2n) is 4.96. The Labute approximate surface area is 108 Å². The molecule has 0 aromatic rings. The first-order chi connectivity index (χ1) is 8.59. The second-order valence-corrected chi connectivity index (χ2v) is 4.96. The molecule has 2 atom stereocenters. The van der Waals surface area contributed by atoms with Gasteiger partial charge in [-0.15, -0.1) is 0 Å². The van der Waals surface area contributed by atoms with Gasteiger partial charge in [0.25, 0.3) is 0 Å². The van der Waals surface area contributed by atoms with E-state index in [0.717, 1.165) is 6.42 Å². The highest BCUT2D eigenvalue weighted by Gasteiger charge is 2.22. The molecule has 0 aliphatic heterocycles. The van der Waals surface area contributed by atoms with E-state index in [4.69, 9.17) is 9.84 Å². The van der Waals surface area contributed by atoms with Crippen LogP contribution in [0, 0.1) is 5.92 Å². The Hall–Kier alpha value is -1.10. The summed E-state index contributed by atoms with van der Waals surface area (Å²) in [7, 11) is 0. The van der Waals surface area contributed by atoms with Gasteiger partial charge >= 0.3 is 5.97 Å². The molecule has 2 unspecified atom stereocenters. The van der Waals surface area contributed by atoms with E-state index < -0.39 is 5.97 Å². The van der Waals surface area contributed by atoms with Crippen LogP contribution in [0.2, 0.25) is 0 Å². The Balaban J connectivity index is 2.07. The number of ether oxygens (including phenoxy) is 1. The van der Waals surface area contributed by atoms with Gasteiger partial charge in [-0.25, -0.2) is 0 Å². The zero-order valence-corrected chi connectivity index (χ0v) is 11.0. The monoisotopic (exact) mass is 257 g/mol. The third kappa shape index (κ3) is 6.00. The molecule has 18 heavy (non-hydrogen) atoms. The number of hydrogen-bond acceptors (Lipinski definition) is 3. The molecule has 0 saturated heterocycles. The van der Waals surface area contributed by atoms with Crippen molar-refractivity contribution in [1.29, 1.82) is 0 Å². The fraction of sp³-hybridized carbons (Fsp3) is 0.846. The second kappa shape index (κ2) is 8.08. The van der Waals surface area contributed by atoms with Crippen LogP contribution in [0.1, 0.15) is 45.4 Å². The number of carboxylic acid groups (broad SMARTS) is 1. The van der Waals surface area contributed by atoms with Crippen LogP contribution >= 0.6 is 0 Å². The number of carbonyl (C=O) groups excluding carboxylic acids is 1. The van der Waals surface area contributed by atoms with Crippen molar-refractivity contribution >= 4 is 11.9 Å². The predicted molar refractivity (Wildman–Crippen MR) is 67.3 cm³/mol. The molecule has 1 amide bonds. The van der Waals surface area contributed by atoms with Crippen LogP contribution in [-0.2, 0) is 14.3 Å². The lowest BCUT2D eigenvalue weighted by Crippen LogP contribution is -2.33. The Morgan fingerprint density at radius 1 is 1.33 bits per heavy atom. The summed E-state index contributed by atoms with van der Waals surface area (Å²) in [5.41, 5.74) is 0. The molecule has 0 bridgehead atoms. The summed E-state index contributed by atoms with van der Waals surface area (Å²) < 4.78 is 5.61. The number of aliphatic carboxylic acids is 1. The highest BCUT2D eigenvalue weighted by atomic mass is 16.5. The first-order valence-corrected chi connectivity index (χ1v) is 6.69. The van der Waals surface area contributed by atoms with Gasteiger partial charge in [0.05, 0.1) is 6.10 Å². The van der Waals surface area contributed by atoms with Crippen molar-refractivity contribution in [2.24, 2.45) is 5.92 Å². The van der Waals surface area contributed by atoms with E-state index in [1.807, 2.05) is 0 Å². The van der Waals surface area contributed by atoms with Crippen molar-refractivity contribution in [2.75, 3.05) is 13.2 Å². The predicted octanol–water partition coefficient (Wildman–Crippen LogP) is 1.56. The summed E-state index contributed by atoms with van der Waals surface area (Å²) in [5, 5.41) is 11.1. The van der Waals surface area contributed by atoms with Gasteiger partial charge in [0.2, 0.25) is 5.91 Å². The normalized spacial score (nSPS) is 23.6.